The van der Waals surface area contributed by atoms with Gasteiger partial charge in [-0.1, -0.05) is 35.9 Å². The summed E-state index contributed by atoms with van der Waals surface area (Å²) in [7, 11) is 0. The number of carbonyl (C=O) groups is 1. The van der Waals surface area contributed by atoms with Crippen LogP contribution < -0.4 is 5.32 Å². The zero-order chi connectivity index (χ0) is 15.9. The number of nitrogens with one attached hydrogen (secondary N) is 1. The third-order valence-electron chi connectivity index (χ3n) is 3.12. The van der Waals surface area contributed by atoms with Crippen molar-refractivity contribution in [3.8, 4) is 10.6 Å². The Bertz CT molecular complexity index is 634. The van der Waals surface area contributed by atoms with Gasteiger partial charge >= 0.3 is 0 Å². The smallest absolute Gasteiger partial charge is 0.233 e. The average Bonchev–Trinajstić information content (AvgIpc) is 2.99. The lowest BCUT2D eigenvalue weighted by Gasteiger charge is -2.09. The SMILES string of the molecule is C=CCNC(=O)C(C)SCc1csc(-c2ccc(C)cc2)n1. The average molecular weight is 332 g/mol. The lowest BCUT2D eigenvalue weighted by Crippen LogP contribution is -2.30. The topological polar surface area (TPSA) is 42.0 Å². The molecule has 5 heteroatoms. The first-order valence-electron chi connectivity index (χ1n) is 7.12. The molecule has 116 valence electrons. The van der Waals surface area contributed by atoms with Crippen LogP contribution in [0.3, 0.4) is 0 Å². The van der Waals surface area contributed by atoms with Crippen LogP contribution in [0.1, 0.15) is 18.2 Å². The Labute approximate surface area is 139 Å². The predicted octanol–water partition coefficient (Wildman–Crippen LogP) is 4.04. The Morgan fingerprint density at radius 3 is 2.86 bits per heavy atom. The fourth-order valence-electron chi connectivity index (χ4n) is 1.80. The summed E-state index contributed by atoms with van der Waals surface area (Å²) in [6.07, 6.45) is 1.68. The van der Waals surface area contributed by atoms with Crippen LogP contribution in [-0.4, -0.2) is 22.7 Å². The number of thioether (sulfide) groups is 1. The highest BCUT2D eigenvalue weighted by Gasteiger charge is 2.13. The van der Waals surface area contributed by atoms with E-state index in [-0.39, 0.29) is 11.2 Å². The van der Waals surface area contributed by atoms with Gasteiger partial charge in [0.15, 0.2) is 0 Å². The molecular formula is C17H20N2OS2. The molecule has 1 N–H and O–H groups in total. The van der Waals surface area contributed by atoms with E-state index in [9.17, 15) is 4.79 Å². The number of nitrogens with zero attached hydrogens (tertiary/aromatic N) is 1. The Hall–Kier alpha value is -1.59. The van der Waals surface area contributed by atoms with Crippen LogP contribution >= 0.6 is 23.1 Å². The maximum Gasteiger partial charge on any atom is 0.233 e. The monoisotopic (exact) mass is 332 g/mol. The van der Waals surface area contributed by atoms with Gasteiger partial charge < -0.3 is 5.32 Å². The van der Waals surface area contributed by atoms with Crippen LogP contribution in [0.15, 0.2) is 42.3 Å². The van der Waals surface area contributed by atoms with Gasteiger partial charge in [-0.3, -0.25) is 4.79 Å². The molecule has 0 spiro atoms. The lowest BCUT2D eigenvalue weighted by atomic mass is 10.2. The highest BCUT2D eigenvalue weighted by Crippen LogP contribution is 2.26. The molecule has 0 aliphatic rings. The van der Waals surface area contributed by atoms with E-state index in [4.69, 9.17) is 0 Å². The van der Waals surface area contributed by atoms with E-state index in [2.05, 4.69) is 53.4 Å². The summed E-state index contributed by atoms with van der Waals surface area (Å²) >= 11 is 3.24. The maximum absolute atomic E-state index is 11.8. The van der Waals surface area contributed by atoms with Crippen LogP contribution in [0.2, 0.25) is 0 Å². The Balaban J connectivity index is 1.91. The minimum absolute atomic E-state index is 0.0406. The van der Waals surface area contributed by atoms with Crippen molar-refractivity contribution in [2.75, 3.05) is 6.54 Å². The molecule has 1 heterocycles. The zero-order valence-corrected chi connectivity index (χ0v) is 14.5. The maximum atomic E-state index is 11.8. The predicted molar refractivity (Wildman–Crippen MR) is 96.3 cm³/mol. The van der Waals surface area contributed by atoms with Gasteiger partial charge in [-0.25, -0.2) is 4.98 Å². The van der Waals surface area contributed by atoms with E-state index in [0.29, 0.717) is 6.54 Å². The van der Waals surface area contributed by atoms with Crippen molar-refractivity contribution in [1.29, 1.82) is 0 Å². The normalized spacial score (nSPS) is 11.9. The summed E-state index contributed by atoms with van der Waals surface area (Å²) in [5, 5.41) is 5.81. The molecular weight excluding hydrogens is 312 g/mol. The van der Waals surface area contributed by atoms with Gasteiger partial charge in [0.2, 0.25) is 5.91 Å². The minimum atomic E-state index is -0.0931. The highest BCUT2D eigenvalue weighted by molar-refractivity contribution is 7.99. The molecule has 1 aromatic heterocycles. The van der Waals surface area contributed by atoms with Gasteiger partial charge in [0, 0.05) is 23.2 Å². The standard InChI is InChI=1S/C17H20N2OS2/c1-4-9-18-16(20)13(3)21-10-15-11-22-17(19-15)14-7-5-12(2)6-8-14/h4-8,11,13H,1,9-10H2,2-3H3,(H,18,20). The van der Waals surface area contributed by atoms with Gasteiger partial charge in [0.05, 0.1) is 10.9 Å². The number of hydrogen-bond acceptors (Lipinski definition) is 4. The van der Waals surface area contributed by atoms with E-state index in [1.165, 1.54) is 5.56 Å². The summed E-state index contributed by atoms with van der Waals surface area (Å²) in [6.45, 7) is 8.09. The molecule has 1 unspecified atom stereocenters. The van der Waals surface area contributed by atoms with Crippen LogP contribution in [0, 0.1) is 6.92 Å². The molecule has 3 nitrogen and oxygen atoms in total. The molecule has 2 aromatic rings. The molecule has 0 saturated heterocycles. The van der Waals surface area contributed by atoms with Gasteiger partial charge in [0.25, 0.3) is 0 Å². The second-order valence-electron chi connectivity index (χ2n) is 5.00. The summed E-state index contributed by atoms with van der Waals surface area (Å²) in [4.78, 5) is 16.4. The second-order valence-corrected chi connectivity index (χ2v) is 7.18. The van der Waals surface area contributed by atoms with E-state index < -0.39 is 0 Å². The van der Waals surface area contributed by atoms with Crippen molar-refractivity contribution in [2.45, 2.75) is 24.9 Å². The van der Waals surface area contributed by atoms with E-state index in [1.54, 1.807) is 29.2 Å². The van der Waals surface area contributed by atoms with Gasteiger partial charge in [0.1, 0.15) is 5.01 Å². The number of thiazole rings is 1. The van der Waals surface area contributed by atoms with Gasteiger partial charge in [-0.2, -0.15) is 0 Å². The third-order valence-corrected chi connectivity index (χ3v) is 5.24. The molecule has 0 bridgehead atoms. The molecule has 1 amide bonds. The molecule has 1 atom stereocenters. The number of hydrogen-bond donors (Lipinski definition) is 1. The van der Waals surface area contributed by atoms with E-state index >= 15 is 0 Å². The number of carbonyl (C=O) groups excluding carboxylic acids is 1. The van der Waals surface area contributed by atoms with Crippen LogP contribution in [-0.2, 0) is 10.5 Å². The number of rotatable bonds is 7. The Kier molecular flexibility index (Phi) is 6.21. The Morgan fingerprint density at radius 1 is 1.45 bits per heavy atom. The van der Waals surface area contributed by atoms with Crippen molar-refractivity contribution in [2.24, 2.45) is 0 Å². The van der Waals surface area contributed by atoms with Crippen LogP contribution in [0.4, 0.5) is 0 Å². The quantitative estimate of drug-likeness (QED) is 0.778. The number of benzene rings is 1. The molecule has 1 aromatic carbocycles. The molecule has 0 aliphatic carbocycles. The van der Waals surface area contributed by atoms with Crippen molar-refractivity contribution >= 4 is 29.0 Å². The largest absolute Gasteiger partial charge is 0.352 e. The highest BCUT2D eigenvalue weighted by atomic mass is 32.2. The van der Waals surface area contributed by atoms with Crippen molar-refractivity contribution in [3.05, 3.63) is 53.6 Å². The lowest BCUT2D eigenvalue weighted by molar-refractivity contribution is -0.120. The number of aryl methyl sites for hydroxylation is 1. The molecule has 2 rings (SSSR count). The van der Waals surface area contributed by atoms with Crippen molar-refractivity contribution in [1.82, 2.24) is 10.3 Å². The number of aromatic nitrogens is 1. The third kappa shape index (κ3) is 4.71. The first-order chi connectivity index (χ1) is 10.6. The summed E-state index contributed by atoms with van der Waals surface area (Å²) in [5.74, 6) is 0.782. The summed E-state index contributed by atoms with van der Waals surface area (Å²) < 4.78 is 0. The molecule has 0 fully saturated rings. The molecule has 22 heavy (non-hydrogen) atoms. The van der Waals surface area contributed by atoms with Crippen LogP contribution in [0.25, 0.3) is 10.6 Å². The van der Waals surface area contributed by atoms with Gasteiger partial charge in [-0.05, 0) is 13.8 Å². The van der Waals surface area contributed by atoms with Crippen molar-refractivity contribution in [3.63, 3.8) is 0 Å². The van der Waals surface area contributed by atoms with Crippen molar-refractivity contribution < 1.29 is 4.79 Å². The fourth-order valence-corrected chi connectivity index (χ4v) is 3.54. The number of amides is 1. The van der Waals surface area contributed by atoms with Crippen LogP contribution in [0.5, 0.6) is 0 Å². The zero-order valence-electron chi connectivity index (χ0n) is 12.8. The molecule has 0 saturated carbocycles. The van der Waals surface area contributed by atoms with Gasteiger partial charge in [-0.15, -0.1) is 29.7 Å². The first kappa shape index (κ1) is 16.8. The second kappa shape index (κ2) is 8.15. The molecule has 0 aliphatic heterocycles. The van der Waals surface area contributed by atoms with E-state index in [0.717, 1.165) is 22.0 Å². The fraction of sp³-hybridized carbons (Fsp3) is 0.294. The minimum Gasteiger partial charge on any atom is -0.352 e. The Morgan fingerprint density at radius 2 is 2.18 bits per heavy atom. The summed E-state index contributed by atoms with van der Waals surface area (Å²) in [6, 6.07) is 8.38. The summed E-state index contributed by atoms with van der Waals surface area (Å²) in [5.41, 5.74) is 3.41. The van der Waals surface area contributed by atoms with E-state index in [1.807, 2.05) is 6.92 Å². The first-order valence-corrected chi connectivity index (χ1v) is 9.04. The molecule has 0 radical (unpaired) electrons.